The topological polar surface area (TPSA) is 97.8 Å². The Morgan fingerprint density at radius 3 is 2.13 bits per heavy atom. The molecule has 1 aromatic heterocycles. The first-order valence-electron chi connectivity index (χ1n) is 9.57. The number of rotatable bonds is 8. The van der Waals surface area contributed by atoms with Gasteiger partial charge in [-0.15, -0.1) is 0 Å². The average Bonchev–Trinajstić information content (AvgIpc) is 2.78. The Hall–Kier alpha value is -4.26. The number of aromatic carboxylic acids is 1. The fourth-order valence-corrected chi connectivity index (χ4v) is 3.00. The number of aromatic amines is 1. The van der Waals surface area contributed by atoms with Crippen LogP contribution in [0.4, 0.5) is 0 Å². The summed E-state index contributed by atoms with van der Waals surface area (Å²) < 4.78 is 17.1. The van der Waals surface area contributed by atoms with E-state index in [2.05, 4.69) is 4.98 Å². The van der Waals surface area contributed by atoms with Crippen molar-refractivity contribution in [3.8, 4) is 23.0 Å². The molecule has 0 aliphatic rings. The van der Waals surface area contributed by atoms with Crippen LogP contribution in [0.2, 0.25) is 0 Å². The normalized spacial score (nSPS) is 10.6. The second-order valence-electron chi connectivity index (χ2n) is 6.63. The lowest BCUT2D eigenvalue weighted by atomic mass is 10.1. The minimum Gasteiger partial charge on any atom is -0.490 e. The molecule has 4 aromatic rings. The molecule has 31 heavy (non-hydrogen) atoms. The Kier molecular flexibility index (Phi) is 5.84. The maximum atomic E-state index is 12.2. The molecular weight excluding hydrogens is 398 g/mol. The highest BCUT2D eigenvalue weighted by Gasteiger charge is 2.11. The van der Waals surface area contributed by atoms with E-state index < -0.39 is 11.4 Å². The lowest BCUT2D eigenvalue weighted by Crippen LogP contribution is -2.15. The van der Waals surface area contributed by atoms with Crippen molar-refractivity contribution in [2.24, 2.45) is 0 Å². The van der Waals surface area contributed by atoms with Gasteiger partial charge < -0.3 is 24.3 Å². The molecule has 156 valence electrons. The zero-order valence-electron chi connectivity index (χ0n) is 16.4. The number of fused-ring (bicyclic) bond motifs is 1. The monoisotopic (exact) mass is 417 g/mol. The van der Waals surface area contributed by atoms with Crippen LogP contribution in [0.5, 0.6) is 23.0 Å². The van der Waals surface area contributed by atoms with Gasteiger partial charge in [0.1, 0.15) is 41.8 Å². The smallest absolute Gasteiger partial charge is 0.341 e. The molecule has 7 heteroatoms. The van der Waals surface area contributed by atoms with Crippen LogP contribution in [0, 0.1) is 0 Å². The minimum atomic E-state index is -1.26. The summed E-state index contributed by atoms with van der Waals surface area (Å²) >= 11 is 0. The van der Waals surface area contributed by atoms with E-state index in [1.165, 1.54) is 6.20 Å². The van der Waals surface area contributed by atoms with Gasteiger partial charge in [0, 0.05) is 17.6 Å². The van der Waals surface area contributed by atoms with Crippen LogP contribution in [0.15, 0.2) is 83.8 Å². The van der Waals surface area contributed by atoms with Crippen LogP contribution in [0.3, 0.4) is 0 Å². The quantitative estimate of drug-likeness (QED) is 0.410. The van der Waals surface area contributed by atoms with Gasteiger partial charge in [-0.3, -0.25) is 4.79 Å². The molecular formula is C24H19NO6. The average molecular weight is 417 g/mol. The number of carboxylic acid groups (broad SMARTS) is 1. The maximum absolute atomic E-state index is 12.2. The first kappa shape index (κ1) is 20.0. The predicted octanol–water partition coefficient (Wildman–Crippen LogP) is 4.48. The number of pyridine rings is 1. The van der Waals surface area contributed by atoms with Gasteiger partial charge in [0.15, 0.2) is 0 Å². The summed E-state index contributed by atoms with van der Waals surface area (Å²) in [6.45, 7) is 0.622. The Labute approximate surface area is 177 Å². The number of carboxylic acids is 1. The number of carbonyl (C=O) groups is 1. The standard InChI is InChI=1S/C24H19NO6/c26-23-20-11-10-19(14-22(20)25-15-21(23)24(27)28)30-13-12-29-16-6-8-18(9-7-16)31-17-4-2-1-3-5-17/h1-11,14-15H,12-13H2,(H,25,26)(H,27,28). The van der Waals surface area contributed by atoms with Crippen LogP contribution < -0.4 is 19.6 Å². The van der Waals surface area contributed by atoms with Crippen molar-refractivity contribution >= 4 is 16.9 Å². The molecule has 2 N–H and O–H groups in total. The van der Waals surface area contributed by atoms with Gasteiger partial charge in [-0.2, -0.15) is 0 Å². The highest BCUT2D eigenvalue weighted by Crippen LogP contribution is 2.23. The van der Waals surface area contributed by atoms with E-state index in [-0.39, 0.29) is 5.56 Å². The van der Waals surface area contributed by atoms with Crippen molar-refractivity contribution in [1.82, 2.24) is 4.98 Å². The van der Waals surface area contributed by atoms with Crippen LogP contribution in [-0.4, -0.2) is 29.3 Å². The summed E-state index contributed by atoms with van der Waals surface area (Å²) in [5.74, 6) is 1.45. The van der Waals surface area contributed by atoms with Gasteiger partial charge in [0.05, 0.1) is 5.52 Å². The number of H-pyrrole nitrogens is 1. The number of benzene rings is 3. The summed E-state index contributed by atoms with van der Waals surface area (Å²) in [5, 5.41) is 9.33. The van der Waals surface area contributed by atoms with E-state index in [9.17, 15) is 9.59 Å². The zero-order valence-corrected chi connectivity index (χ0v) is 16.4. The van der Waals surface area contributed by atoms with Gasteiger partial charge in [-0.25, -0.2) is 4.79 Å². The highest BCUT2D eigenvalue weighted by atomic mass is 16.5. The molecule has 0 spiro atoms. The van der Waals surface area contributed by atoms with E-state index >= 15 is 0 Å². The molecule has 0 aliphatic heterocycles. The minimum absolute atomic E-state index is 0.293. The molecule has 0 fully saturated rings. The summed E-state index contributed by atoms with van der Waals surface area (Å²) in [7, 11) is 0. The van der Waals surface area contributed by atoms with Crippen molar-refractivity contribution in [2.45, 2.75) is 0 Å². The third kappa shape index (κ3) is 4.84. The lowest BCUT2D eigenvalue weighted by molar-refractivity contribution is 0.0695. The van der Waals surface area contributed by atoms with Crippen molar-refractivity contribution in [3.05, 3.63) is 94.8 Å². The molecule has 4 rings (SSSR count). The largest absolute Gasteiger partial charge is 0.490 e. The second kappa shape index (κ2) is 9.04. The van der Waals surface area contributed by atoms with Crippen molar-refractivity contribution in [3.63, 3.8) is 0 Å². The Balaban J connectivity index is 1.30. The maximum Gasteiger partial charge on any atom is 0.341 e. The van der Waals surface area contributed by atoms with E-state index in [4.69, 9.17) is 19.3 Å². The van der Waals surface area contributed by atoms with Crippen LogP contribution in [0.25, 0.3) is 10.9 Å². The Morgan fingerprint density at radius 1 is 0.806 bits per heavy atom. The van der Waals surface area contributed by atoms with Crippen molar-refractivity contribution in [1.29, 1.82) is 0 Å². The molecule has 7 nitrogen and oxygen atoms in total. The summed E-state index contributed by atoms with van der Waals surface area (Å²) in [6, 6.07) is 21.6. The van der Waals surface area contributed by atoms with E-state index in [0.717, 1.165) is 5.75 Å². The van der Waals surface area contributed by atoms with Gasteiger partial charge in [0.25, 0.3) is 0 Å². The number of nitrogens with one attached hydrogen (secondary N) is 1. The van der Waals surface area contributed by atoms with Crippen LogP contribution >= 0.6 is 0 Å². The summed E-state index contributed by atoms with van der Waals surface area (Å²) in [6.07, 6.45) is 1.19. The highest BCUT2D eigenvalue weighted by molar-refractivity contribution is 5.92. The summed E-state index contributed by atoms with van der Waals surface area (Å²) in [5.41, 5.74) is -0.326. The van der Waals surface area contributed by atoms with Gasteiger partial charge >= 0.3 is 5.97 Å². The van der Waals surface area contributed by atoms with Crippen LogP contribution in [-0.2, 0) is 0 Å². The van der Waals surface area contributed by atoms with Gasteiger partial charge in [-0.05, 0) is 48.5 Å². The lowest BCUT2D eigenvalue weighted by Gasteiger charge is -2.10. The predicted molar refractivity (Wildman–Crippen MR) is 115 cm³/mol. The SMILES string of the molecule is O=C(O)c1c[nH]c2cc(OCCOc3ccc(Oc4ccccc4)cc3)ccc2c1=O. The number of hydrogen-bond donors (Lipinski definition) is 2. The Morgan fingerprint density at radius 2 is 1.42 bits per heavy atom. The fourth-order valence-electron chi connectivity index (χ4n) is 3.00. The molecule has 0 atom stereocenters. The van der Waals surface area contributed by atoms with Crippen molar-refractivity contribution < 1.29 is 24.1 Å². The molecule has 0 unspecified atom stereocenters. The number of hydrogen-bond acceptors (Lipinski definition) is 5. The summed E-state index contributed by atoms with van der Waals surface area (Å²) in [4.78, 5) is 26.0. The van der Waals surface area contributed by atoms with E-state index in [1.807, 2.05) is 54.6 Å². The molecule has 0 aliphatic carbocycles. The fraction of sp³-hybridized carbons (Fsp3) is 0.0833. The number of para-hydroxylation sites is 1. The van der Waals surface area contributed by atoms with Crippen LogP contribution in [0.1, 0.15) is 10.4 Å². The van der Waals surface area contributed by atoms with Crippen molar-refractivity contribution in [2.75, 3.05) is 13.2 Å². The third-order valence-electron chi connectivity index (χ3n) is 4.51. The first-order valence-corrected chi connectivity index (χ1v) is 9.57. The first-order chi connectivity index (χ1) is 15.1. The molecule has 0 saturated heterocycles. The molecule has 0 amide bonds. The molecule has 3 aromatic carbocycles. The zero-order chi connectivity index (χ0) is 21.6. The molecule has 0 saturated carbocycles. The second-order valence-corrected chi connectivity index (χ2v) is 6.63. The Bertz CT molecular complexity index is 1250. The molecule has 1 heterocycles. The van der Waals surface area contributed by atoms with E-state index in [0.29, 0.717) is 41.4 Å². The van der Waals surface area contributed by atoms with Gasteiger partial charge in [0.2, 0.25) is 5.43 Å². The molecule has 0 bridgehead atoms. The number of aromatic nitrogens is 1. The van der Waals surface area contributed by atoms with E-state index in [1.54, 1.807) is 18.2 Å². The number of ether oxygens (including phenoxy) is 3. The third-order valence-corrected chi connectivity index (χ3v) is 4.51. The molecule has 0 radical (unpaired) electrons. The van der Waals surface area contributed by atoms with Gasteiger partial charge in [-0.1, -0.05) is 18.2 Å².